The standard InChI is InChI=1S/C14H16N2O4S/c1-9-8-11(10(2)20-9)14(17)15-12-6-4-5-7-13(12)16-21(3,18)19/h4-8,16H,1-3H3,(H,15,17). The Balaban J connectivity index is 2.28. The van der Waals surface area contributed by atoms with Crippen molar-refractivity contribution in [3.63, 3.8) is 0 Å². The molecule has 0 aliphatic rings. The first-order valence-electron chi connectivity index (χ1n) is 6.21. The van der Waals surface area contributed by atoms with E-state index in [-0.39, 0.29) is 5.91 Å². The van der Waals surface area contributed by atoms with Crippen molar-refractivity contribution in [2.75, 3.05) is 16.3 Å². The number of carbonyl (C=O) groups is 1. The van der Waals surface area contributed by atoms with E-state index >= 15 is 0 Å². The topological polar surface area (TPSA) is 88.4 Å². The number of rotatable bonds is 4. The molecule has 6 nitrogen and oxygen atoms in total. The number of hydrogen-bond donors (Lipinski definition) is 2. The lowest BCUT2D eigenvalue weighted by atomic mass is 10.2. The van der Waals surface area contributed by atoms with E-state index < -0.39 is 10.0 Å². The Kier molecular flexibility index (Phi) is 4.04. The summed E-state index contributed by atoms with van der Waals surface area (Å²) in [6, 6.07) is 8.21. The van der Waals surface area contributed by atoms with Gasteiger partial charge in [-0.05, 0) is 32.0 Å². The van der Waals surface area contributed by atoms with Crippen LogP contribution in [0.15, 0.2) is 34.7 Å². The highest BCUT2D eigenvalue weighted by atomic mass is 32.2. The number of anilines is 2. The van der Waals surface area contributed by atoms with Crippen LogP contribution in [0.3, 0.4) is 0 Å². The zero-order valence-electron chi connectivity index (χ0n) is 11.9. The summed E-state index contributed by atoms with van der Waals surface area (Å²) < 4.78 is 30.3. The second kappa shape index (κ2) is 5.61. The molecule has 0 saturated heterocycles. The van der Waals surface area contributed by atoms with Gasteiger partial charge in [-0.2, -0.15) is 0 Å². The minimum Gasteiger partial charge on any atom is -0.466 e. The molecule has 0 saturated carbocycles. The van der Waals surface area contributed by atoms with E-state index in [4.69, 9.17) is 4.42 Å². The zero-order valence-corrected chi connectivity index (χ0v) is 12.7. The van der Waals surface area contributed by atoms with Gasteiger partial charge in [0.1, 0.15) is 11.5 Å². The average Bonchev–Trinajstić information content (AvgIpc) is 2.69. The maximum atomic E-state index is 12.2. The molecule has 1 aromatic heterocycles. The van der Waals surface area contributed by atoms with E-state index in [2.05, 4.69) is 10.0 Å². The van der Waals surface area contributed by atoms with Gasteiger partial charge < -0.3 is 9.73 Å². The molecular weight excluding hydrogens is 292 g/mol. The van der Waals surface area contributed by atoms with Crippen molar-refractivity contribution in [3.8, 4) is 0 Å². The second-order valence-electron chi connectivity index (χ2n) is 4.70. The van der Waals surface area contributed by atoms with Crippen LogP contribution < -0.4 is 10.0 Å². The number of hydrogen-bond acceptors (Lipinski definition) is 4. The Hall–Kier alpha value is -2.28. The highest BCUT2D eigenvalue weighted by Gasteiger charge is 2.15. The van der Waals surface area contributed by atoms with Crippen LogP contribution in [0.2, 0.25) is 0 Å². The number of nitrogens with one attached hydrogen (secondary N) is 2. The van der Waals surface area contributed by atoms with Crippen molar-refractivity contribution in [3.05, 3.63) is 47.4 Å². The molecule has 0 radical (unpaired) electrons. The Morgan fingerprint density at radius 2 is 1.76 bits per heavy atom. The summed E-state index contributed by atoms with van der Waals surface area (Å²) in [5, 5.41) is 2.68. The van der Waals surface area contributed by atoms with Crippen LogP contribution in [0.5, 0.6) is 0 Å². The third kappa shape index (κ3) is 3.85. The first-order chi connectivity index (χ1) is 9.76. The van der Waals surface area contributed by atoms with Crippen LogP contribution >= 0.6 is 0 Å². The molecule has 7 heteroatoms. The zero-order chi connectivity index (χ0) is 15.6. The molecule has 2 aromatic rings. The van der Waals surface area contributed by atoms with E-state index in [9.17, 15) is 13.2 Å². The predicted molar refractivity (Wildman–Crippen MR) is 81.0 cm³/mol. The van der Waals surface area contributed by atoms with Crippen molar-refractivity contribution >= 4 is 27.3 Å². The van der Waals surface area contributed by atoms with Gasteiger partial charge in [0, 0.05) is 0 Å². The molecule has 0 spiro atoms. The fourth-order valence-electron chi connectivity index (χ4n) is 1.93. The van der Waals surface area contributed by atoms with Crippen molar-refractivity contribution in [2.45, 2.75) is 13.8 Å². The van der Waals surface area contributed by atoms with Gasteiger partial charge in [-0.3, -0.25) is 9.52 Å². The van der Waals surface area contributed by atoms with E-state index in [0.29, 0.717) is 28.5 Å². The smallest absolute Gasteiger partial charge is 0.259 e. The molecule has 112 valence electrons. The minimum atomic E-state index is -3.42. The van der Waals surface area contributed by atoms with Gasteiger partial charge in [0.15, 0.2) is 0 Å². The number of benzene rings is 1. The van der Waals surface area contributed by atoms with Crippen LogP contribution in [-0.4, -0.2) is 20.6 Å². The lowest BCUT2D eigenvalue weighted by molar-refractivity contribution is 0.102. The van der Waals surface area contributed by atoms with Crippen molar-refractivity contribution < 1.29 is 17.6 Å². The first kappa shape index (κ1) is 15.1. The van der Waals surface area contributed by atoms with E-state index in [1.54, 1.807) is 44.2 Å². The lowest BCUT2D eigenvalue weighted by Gasteiger charge is -2.11. The summed E-state index contributed by atoms with van der Waals surface area (Å²) in [4.78, 5) is 12.2. The van der Waals surface area contributed by atoms with Gasteiger partial charge in [-0.25, -0.2) is 8.42 Å². The minimum absolute atomic E-state index is 0.311. The van der Waals surface area contributed by atoms with Gasteiger partial charge in [0.05, 0.1) is 23.2 Å². The lowest BCUT2D eigenvalue weighted by Crippen LogP contribution is -2.16. The average molecular weight is 308 g/mol. The normalized spacial score (nSPS) is 11.2. The fraction of sp³-hybridized carbons (Fsp3) is 0.214. The Morgan fingerprint density at radius 3 is 2.29 bits per heavy atom. The second-order valence-corrected chi connectivity index (χ2v) is 6.45. The SMILES string of the molecule is Cc1cc(C(=O)Nc2ccccc2NS(C)(=O)=O)c(C)o1. The highest BCUT2D eigenvalue weighted by molar-refractivity contribution is 7.92. The summed E-state index contributed by atoms with van der Waals surface area (Å²) in [7, 11) is -3.42. The Labute approximate surface area is 123 Å². The molecule has 0 atom stereocenters. The molecule has 1 aromatic carbocycles. The van der Waals surface area contributed by atoms with Gasteiger partial charge in [-0.15, -0.1) is 0 Å². The molecule has 0 fully saturated rings. The van der Waals surface area contributed by atoms with Crippen LogP contribution in [0.25, 0.3) is 0 Å². The molecule has 0 aliphatic carbocycles. The summed E-state index contributed by atoms with van der Waals surface area (Å²) >= 11 is 0. The third-order valence-electron chi connectivity index (χ3n) is 2.76. The molecule has 0 aliphatic heterocycles. The Morgan fingerprint density at radius 1 is 1.14 bits per heavy atom. The summed E-state index contributed by atoms with van der Waals surface area (Å²) in [5.74, 6) is 0.797. The third-order valence-corrected chi connectivity index (χ3v) is 3.35. The first-order valence-corrected chi connectivity index (χ1v) is 8.10. The molecule has 0 bridgehead atoms. The molecule has 1 amide bonds. The quantitative estimate of drug-likeness (QED) is 0.908. The Bertz CT molecular complexity index is 778. The van der Waals surface area contributed by atoms with Gasteiger partial charge in [0.25, 0.3) is 5.91 Å². The van der Waals surface area contributed by atoms with Crippen LogP contribution in [0.1, 0.15) is 21.9 Å². The van der Waals surface area contributed by atoms with Crippen LogP contribution in [0.4, 0.5) is 11.4 Å². The molecule has 21 heavy (non-hydrogen) atoms. The van der Waals surface area contributed by atoms with E-state index in [1.807, 2.05) is 0 Å². The monoisotopic (exact) mass is 308 g/mol. The maximum absolute atomic E-state index is 12.2. The van der Waals surface area contributed by atoms with E-state index in [0.717, 1.165) is 6.26 Å². The number of para-hydroxylation sites is 2. The van der Waals surface area contributed by atoms with E-state index in [1.165, 1.54) is 0 Å². The number of sulfonamides is 1. The van der Waals surface area contributed by atoms with Crippen molar-refractivity contribution in [1.82, 2.24) is 0 Å². The number of aryl methyl sites for hydroxylation is 2. The van der Waals surface area contributed by atoms with Gasteiger partial charge >= 0.3 is 0 Å². The van der Waals surface area contributed by atoms with Crippen molar-refractivity contribution in [1.29, 1.82) is 0 Å². The van der Waals surface area contributed by atoms with Gasteiger partial charge in [-0.1, -0.05) is 12.1 Å². The summed E-state index contributed by atoms with van der Waals surface area (Å²) in [6.45, 7) is 3.45. The molecule has 2 rings (SSSR count). The summed E-state index contributed by atoms with van der Waals surface area (Å²) in [5.41, 5.74) is 1.11. The molecule has 0 unspecified atom stereocenters. The van der Waals surface area contributed by atoms with Gasteiger partial charge in [0.2, 0.25) is 10.0 Å². The highest BCUT2D eigenvalue weighted by Crippen LogP contribution is 2.23. The molecule has 1 heterocycles. The molecular formula is C14H16N2O4S. The molecule has 2 N–H and O–H groups in total. The largest absolute Gasteiger partial charge is 0.466 e. The predicted octanol–water partition coefficient (Wildman–Crippen LogP) is 2.52. The maximum Gasteiger partial charge on any atom is 0.259 e. The van der Waals surface area contributed by atoms with Crippen LogP contribution in [-0.2, 0) is 10.0 Å². The number of amides is 1. The number of furan rings is 1. The summed E-state index contributed by atoms with van der Waals surface area (Å²) in [6.07, 6.45) is 1.05. The number of carbonyl (C=O) groups excluding carboxylic acids is 1. The fourth-order valence-corrected chi connectivity index (χ4v) is 2.50. The van der Waals surface area contributed by atoms with Crippen LogP contribution in [0, 0.1) is 13.8 Å². The van der Waals surface area contributed by atoms with Crippen molar-refractivity contribution in [2.24, 2.45) is 0 Å².